The molecule has 1 amide bonds. The molecule has 0 radical (unpaired) electrons. The molecule has 0 N–H and O–H groups in total. The standard InChI is InChI=1S/C9H18N2O2.C9H13N/c1-3-10-5-7-11(8-6-10)9(12)13-4-2;1-3-10(2)9-7-5-4-6-8-9/h3-8H2,1-2H3;4-8H,3H2,1-2H3. The topological polar surface area (TPSA) is 36.0 Å². The number of ether oxygens (including phenoxy) is 1. The van der Waals surface area contributed by atoms with E-state index in [9.17, 15) is 4.79 Å². The summed E-state index contributed by atoms with van der Waals surface area (Å²) in [4.78, 5) is 17.6. The molecule has 1 fully saturated rings. The van der Waals surface area contributed by atoms with Crippen LogP contribution in [0.25, 0.3) is 0 Å². The minimum absolute atomic E-state index is 0.168. The van der Waals surface area contributed by atoms with Crippen molar-refractivity contribution in [3.05, 3.63) is 30.3 Å². The number of carbonyl (C=O) groups is 1. The lowest BCUT2D eigenvalue weighted by Gasteiger charge is -2.33. The van der Waals surface area contributed by atoms with E-state index in [1.165, 1.54) is 5.69 Å². The molecule has 1 heterocycles. The van der Waals surface area contributed by atoms with Crippen LogP contribution in [0, 0.1) is 0 Å². The van der Waals surface area contributed by atoms with Crippen molar-refractivity contribution >= 4 is 11.8 Å². The van der Waals surface area contributed by atoms with E-state index in [1.807, 2.05) is 13.0 Å². The summed E-state index contributed by atoms with van der Waals surface area (Å²) in [5.74, 6) is 0. The van der Waals surface area contributed by atoms with Crippen LogP contribution < -0.4 is 4.90 Å². The van der Waals surface area contributed by atoms with E-state index >= 15 is 0 Å². The summed E-state index contributed by atoms with van der Waals surface area (Å²) in [6.45, 7) is 12.2. The van der Waals surface area contributed by atoms with Crippen molar-refractivity contribution in [3.63, 3.8) is 0 Å². The Labute approximate surface area is 140 Å². The van der Waals surface area contributed by atoms with Gasteiger partial charge in [-0.25, -0.2) is 4.79 Å². The number of amides is 1. The highest BCUT2D eigenvalue weighted by Gasteiger charge is 2.20. The van der Waals surface area contributed by atoms with Crippen molar-refractivity contribution < 1.29 is 9.53 Å². The number of likely N-dealkylation sites (N-methyl/N-ethyl adjacent to an activating group) is 1. The summed E-state index contributed by atoms with van der Waals surface area (Å²) in [6, 6.07) is 10.4. The molecule has 0 aliphatic carbocycles. The second-order valence-corrected chi connectivity index (χ2v) is 5.47. The largest absolute Gasteiger partial charge is 0.450 e. The van der Waals surface area contributed by atoms with E-state index in [2.05, 4.69) is 55.0 Å². The Morgan fingerprint density at radius 1 is 1.09 bits per heavy atom. The number of nitrogens with zero attached hydrogens (tertiary/aromatic N) is 3. The van der Waals surface area contributed by atoms with Gasteiger partial charge in [0.2, 0.25) is 0 Å². The fourth-order valence-electron chi connectivity index (χ4n) is 2.33. The molecule has 1 aromatic rings. The first-order valence-corrected chi connectivity index (χ1v) is 8.52. The van der Waals surface area contributed by atoms with Gasteiger partial charge >= 0.3 is 6.09 Å². The summed E-state index contributed by atoms with van der Waals surface area (Å²) in [5, 5.41) is 0. The maximum atomic E-state index is 11.3. The van der Waals surface area contributed by atoms with E-state index in [0.29, 0.717) is 6.61 Å². The maximum Gasteiger partial charge on any atom is 0.409 e. The van der Waals surface area contributed by atoms with Crippen LogP contribution in [0.5, 0.6) is 0 Å². The van der Waals surface area contributed by atoms with Crippen LogP contribution in [0.2, 0.25) is 0 Å². The molecule has 5 nitrogen and oxygen atoms in total. The van der Waals surface area contributed by atoms with Crippen molar-refractivity contribution in [1.29, 1.82) is 0 Å². The van der Waals surface area contributed by atoms with Crippen molar-refractivity contribution in [1.82, 2.24) is 9.80 Å². The monoisotopic (exact) mass is 321 g/mol. The molecule has 0 saturated carbocycles. The molecule has 1 aliphatic heterocycles. The van der Waals surface area contributed by atoms with Crippen LogP contribution in [0.4, 0.5) is 10.5 Å². The predicted molar refractivity (Wildman–Crippen MR) is 96.1 cm³/mol. The number of benzene rings is 1. The number of hydrogen-bond donors (Lipinski definition) is 0. The molecule has 5 heteroatoms. The van der Waals surface area contributed by atoms with E-state index in [4.69, 9.17) is 4.74 Å². The fourth-order valence-corrected chi connectivity index (χ4v) is 2.33. The molecule has 0 bridgehead atoms. The molecule has 130 valence electrons. The first kappa shape index (κ1) is 19.3. The minimum atomic E-state index is -0.168. The Balaban J connectivity index is 0.000000238. The van der Waals surface area contributed by atoms with Gasteiger partial charge in [-0.2, -0.15) is 0 Å². The maximum absolute atomic E-state index is 11.3. The molecule has 2 rings (SSSR count). The smallest absolute Gasteiger partial charge is 0.409 e. The number of para-hydroxylation sites is 1. The molecular weight excluding hydrogens is 290 g/mol. The summed E-state index contributed by atoms with van der Waals surface area (Å²) in [5.41, 5.74) is 1.28. The zero-order chi connectivity index (χ0) is 17.1. The average molecular weight is 321 g/mol. The SMILES string of the molecule is CCN(C)c1ccccc1.CCOC(=O)N1CCN(CC)CC1. The van der Waals surface area contributed by atoms with Crippen LogP contribution in [0.15, 0.2) is 30.3 Å². The molecule has 1 aliphatic rings. The highest BCUT2D eigenvalue weighted by atomic mass is 16.6. The first-order valence-electron chi connectivity index (χ1n) is 8.52. The normalized spacial score (nSPS) is 14.7. The summed E-state index contributed by atoms with van der Waals surface area (Å²) < 4.78 is 4.92. The summed E-state index contributed by atoms with van der Waals surface area (Å²) in [6.07, 6.45) is -0.168. The van der Waals surface area contributed by atoms with Gasteiger partial charge in [-0.3, -0.25) is 0 Å². The lowest BCUT2D eigenvalue weighted by molar-refractivity contribution is 0.0810. The number of piperazine rings is 1. The van der Waals surface area contributed by atoms with Crippen LogP contribution in [0.3, 0.4) is 0 Å². The van der Waals surface area contributed by atoms with Gasteiger partial charge < -0.3 is 19.4 Å². The molecular formula is C18H31N3O2. The Kier molecular flexibility index (Phi) is 9.14. The zero-order valence-corrected chi connectivity index (χ0v) is 15.0. The zero-order valence-electron chi connectivity index (χ0n) is 15.0. The molecule has 0 aromatic heterocycles. The molecule has 0 atom stereocenters. The lowest BCUT2D eigenvalue weighted by atomic mass is 10.3. The third-order valence-electron chi connectivity index (χ3n) is 4.02. The fraction of sp³-hybridized carbons (Fsp3) is 0.611. The highest BCUT2D eigenvalue weighted by molar-refractivity contribution is 5.67. The van der Waals surface area contributed by atoms with Gasteiger partial charge in [-0.15, -0.1) is 0 Å². The Morgan fingerprint density at radius 3 is 2.17 bits per heavy atom. The van der Waals surface area contributed by atoms with Gasteiger partial charge in [-0.1, -0.05) is 25.1 Å². The van der Waals surface area contributed by atoms with Crippen LogP contribution in [0.1, 0.15) is 20.8 Å². The quantitative estimate of drug-likeness (QED) is 0.854. The van der Waals surface area contributed by atoms with Crippen molar-refractivity contribution in [2.75, 3.05) is 57.8 Å². The Morgan fingerprint density at radius 2 is 1.70 bits per heavy atom. The number of rotatable bonds is 4. The second kappa shape index (κ2) is 10.9. The predicted octanol–water partition coefficient (Wildman–Crippen LogP) is 2.92. The first-order chi connectivity index (χ1) is 11.1. The van der Waals surface area contributed by atoms with E-state index in [0.717, 1.165) is 39.3 Å². The van der Waals surface area contributed by atoms with Crippen molar-refractivity contribution in [3.8, 4) is 0 Å². The van der Waals surface area contributed by atoms with Gasteiger partial charge in [0.15, 0.2) is 0 Å². The Bertz CT molecular complexity index is 431. The summed E-state index contributed by atoms with van der Waals surface area (Å²) in [7, 11) is 2.09. The number of hydrogen-bond acceptors (Lipinski definition) is 4. The Hall–Kier alpha value is -1.75. The molecule has 0 unspecified atom stereocenters. The van der Waals surface area contributed by atoms with Crippen LogP contribution in [-0.4, -0.2) is 68.8 Å². The van der Waals surface area contributed by atoms with Crippen molar-refractivity contribution in [2.24, 2.45) is 0 Å². The van der Waals surface area contributed by atoms with Crippen LogP contribution in [-0.2, 0) is 4.74 Å². The van der Waals surface area contributed by atoms with E-state index in [1.54, 1.807) is 4.90 Å². The second-order valence-electron chi connectivity index (χ2n) is 5.47. The van der Waals surface area contributed by atoms with Gasteiger partial charge in [0.05, 0.1) is 6.61 Å². The van der Waals surface area contributed by atoms with Crippen LogP contribution >= 0.6 is 0 Å². The third-order valence-corrected chi connectivity index (χ3v) is 4.02. The molecule has 23 heavy (non-hydrogen) atoms. The van der Waals surface area contributed by atoms with Gasteiger partial charge in [0, 0.05) is 45.5 Å². The number of carbonyl (C=O) groups excluding carboxylic acids is 1. The van der Waals surface area contributed by atoms with Crippen molar-refractivity contribution in [2.45, 2.75) is 20.8 Å². The minimum Gasteiger partial charge on any atom is -0.450 e. The van der Waals surface area contributed by atoms with Gasteiger partial charge in [0.25, 0.3) is 0 Å². The molecule has 0 spiro atoms. The number of anilines is 1. The molecule has 1 saturated heterocycles. The van der Waals surface area contributed by atoms with Gasteiger partial charge in [0.1, 0.15) is 0 Å². The van der Waals surface area contributed by atoms with Gasteiger partial charge in [-0.05, 0) is 32.5 Å². The third kappa shape index (κ3) is 6.91. The average Bonchev–Trinajstić information content (AvgIpc) is 2.62. The van der Waals surface area contributed by atoms with E-state index in [-0.39, 0.29) is 6.09 Å². The highest BCUT2D eigenvalue weighted by Crippen LogP contribution is 2.09. The molecule has 1 aromatic carbocycles. The summed E-state index contributed by atoms with van der Waals surface area (Å²) >= 11 is 0. The lowest BCUT2D eigenvalue weighted by Crippen LogP contribution is -2.48. The van der Waals surface area contributed by atoms with E-state index < -0.39 is 0 Å².